The van der Waals surface area contributed by atoms with Crippen molar-refractivity contribution in [1.29, 1.82) is 0 Å². The van der Waals surface area contributed by atoms with Gasteiger partial charge in [-0.25, -0.2) is 4.99 Å². The van der Waals surface area contributed by atoms with Crippen molar-refractivity contribution in [3.8, 4) is 0 Å². The van der Waals surface area contributed by atoms with Gasteiger partial charge in [0.1, 0.15) is 0 Å². The Morgan fingerprint density at radius 2 is 1.94 bits per heavy atom. The van der Waals surface area contributed by atoms with E-state index >= 15 is 0 Å². The maximum Gasteiger partial charge on any atom is 0.191 e. The Hall–Kier alpha value is -1.26. The molecule has 0 bridgehead atoms. The zero-order chi connectivity index (χ0) is 12.1. The Balaban J connectivity index is 1.92. The molecule has 1 aromatic carbocycles. The topological polar surface area (TPSA) is 50.8 Å². The number of nitrogens with two attached hydrogens (primary N) is 1. The van der Waals surface area contributed by atoms with Crippen LogP contribution in [0.15, 0.2) is 29.3 Å². The Bertz CT molecular complexity index is 385. The van der Waals surface area contributed by atoms with Gasteiger partial charge in [0.25, 0.3) is 0 Å². The minimum absolute atomic E-state index is 0.584. The predicted octanol–water partition coefficient (Wildman–Crippen LogP) is 1.49. The molecule has 0 amide bonds. The van der Waals surface area contributed by atoms with E-state index in [1.54, 1.807) is 0 Å². The summed E-state index contributed by atoms with van der Waals surface area (Å²) in [4.78, 5) is 6.41. The van der Waals surface area contributed by atoms with Gasteiger partial charge < -0.3 is 15.4 Å². The summed E-state index contributed by atoms with van der Waals surface area (Å²) in [6.45, 7) is 3.65. The molecular formula is C12H16ClN3O. The first-order valence-electron chi connectivity index (χ1n) is 5.63. The summed E-state index contributed by atoms with van der Waals surface area (Å²) in [5, 5.41) is 0.735. The average molecular weight is 254 g/mol. The molecule has 0 radical (unpaired) electrons. The van der Waals surface area contributed by atoms with Gasteiger partial charge in [-0.15, -0.1) is 0 Å². The summed E-state index contributed by atoms with van der Waals surface area (Å²) in [6.07, 6.45) is 0. The maximum atomic E-state index is 5.92. The monoisotopic (exact) mass is 253 g/mol. The summed E-state index contributed by atoms with van der Waals surface area (Å²) in [6, 6.07) is 7.63. The lowest BCUT2D eigenvalue weighted by Gasteiger charge is -2.27. The number of nitrogens with zero attached hydrogens (tertiary/aromatic N) is 2. The van der Waals surface area contributed by atoms with Crippen LogP contribution < -0.4 is 5.73 Å². The summed E-state index contributed by atoms with van der Waals surface area (Å²) in [5.41, 5.74) is 7.02. The molecule has 4 nitrogen and oxygen atoms in total. The van der Waals surface area contributed by atoms with Crippen LogP contribution in [0.5, 0.6) is 0 Å². The number of benzene rings is 1. The molecule has 1 aromatic rings. The Morgan fingerprint density at radius 3 is 2.59 bits per heavy atom. The van der Waals surface area contributed by atoms with Gasteiger partial charge in [-0.3, -0.25) is 0 Å². The molecule has 0 unspecified atom stereocenters. The molecule has 0 atom stereocenters. The molecule has 5 heteroatoms. The van der Waals surface area contributed by atoms with E-state index in [2.05, 4.69) is 4.99 Å². The maximum absolute atomic E-state index is 5.92. The van der Waals surface area contributed by atoms with E-state index in [1.165, 1.54) is 0 Å². The van der Waals surface area contributed by atoms with Crippen LogP contribution in [0.2, 0.25) is 5.02 Å². The highest BCUT2D eigenvalue weighted by molar-refractivity contribution is 6.30. The SMILES string of the molecule is NC(=NCc1ccc(Cl)cc1)N1CCOCC1. The van der Waals surface area contributed by atoms with E-state index in [4.69, 9.17) is 22.1 Å². The van der Waals surface area contributed by atoms with Crippen LogP contribution in [-0.4, -0.2) is 37.2 Å². The predicted molar refractivity (Wildman–Crippen MR) is 69.2 cm³/mol. The largest absolute Gasteiger partial charge is 0.378 e. The molecule has 1 saturated heterocycles. The van der Waals surface area contributed by atoms with Crippen LogP contribution in [-0.2, 0) is 11.3 Å². The van der Waals surface area contributed by atoms with Crippen molar-refractivity contribution >= 4 is 17.6 Å². The first-order chi connectivity index (χ1) is 8.25. The zero-order valence-electron chi connectivity index (χ0n) is 9.60. The van der Waals surface area contributed by atoms with Crippen molar-refractivity contribution in [2.24, 2.45) is 10.7 Å². The standard InChI is InChI=1S/C12H16ClN3O/c13-11-3-1-10(2-4-11)9-15-12(14)16-5-7-17-8-6-16/h1-4H,5-9H2,(H2,14,15). The number of morpholine rings is 1. The molecule has 0 aliphatic carbocycles. The van der Waals surface area contributed by atoms with E-state index in [9.17, 15) is 0 Å². The Labute approximate surface area is 106 Å². The van der Waals surface area contributed by atoms with Crippen molar-refractivity contribution in [2.45, 2.75) is 6.54 Å². The van der Waals surface area contributed by atoms with Crippen molar-refractivity contribution < 1.29 is 4.74 Å². The van der Waals surface area contributed by atoms with Crippen LogP contribution in [0, 0.1) is 0 Å². The lowest BCUT2D eigenvalue weighted by Crippen LogP contribution is -2.44. The number of aliphatic imine (C=N–C) groups is 1. The second-order valence-electron chi connectivity index (χ2n) is 3.90. The Kier molecular flexibility index (Phi) is 4.23. The fourth-order valence-electron chi connectivity index (χ4n) is 1.65. The summed E-state index contributed by atoms with van der Waals surface area (Å²) >= 11 is 5.81. The van der Waals surface area contributed by atoms with Crippen LogP contribution in [0.3, 0.4) is 0 Å². The van der Waals surface area contributed by atoms with Gasteiger partial charge in [0, 0.05) is 18.1 Å². The average Bonchev–Trinajstić information content (AvgIpc) is 2.39. The number of hydrogen-bond donors (Lipinski definition) is 1. The van der Waals surface area contributed by atoms with Crippen LogP contribution in [0.25, 0.3) is 0 Å². The third kappa shape index (κ3) is 3.61. The zero-order valence-corrected chi connectivity index (χ0v) is 10.4. The first-order valence-corrected chi connectivity index (χ1v) is 6.00. The lowest BCUT2D eigenvalue weighted by molar-refractivity contribution is 0.0674. The van der Waals surface area contributed by atoms with E-state index in [0.717, 1.165) is 36.9 Å². The van der Waals surface area contributed by atoms with Crippen molar-refractivity contribution in [3.05, 3.63) is 34.9 Å². The molecule has 1 aliphatic rings. The molecule has 1 heterocycles. The molecule has 2 N–H and O–H groups in total. The molecule has 0 aromatic heterocycles. The number of rotatable bonds is 2. The smallest absolute Gasteiger partial charge is 0.191 e. The molecule has 92 valence electrons. The van der Waals surface area contributed by atoms with Crippen LogP contribution in [0.4, 0.5) is 0 Å². The van der Waals surface area contributed by atoms with Gasteiger partial charge in [0.2, 0.25) is 0 Å². The second-order valence-corrected chi connectivity index (χ2v) is 4.34. The van der Waals surface area contributed by atoms with Crippen LogP contribution >= 0.6 is 11.6 Å². The molecular weight excluding hydrogens is 238 g/mol. The van der Waals surface area contributed by atoms with Gasteiger partial charge in [0.05, 0.1) is 19.8 Å². The Morgan fingerprint density at radius 1 is 1.29 bits per heavy atom. The van der Waals surface area contributed by atoms with E-state index in [-0.39, 0.29) is 0 Å². The molecule has 0 saturated carbocycles. The van der Waals surface area contributed by atoms with Crippen LogP contribution in [0.1, 0.15) is 5.56 Å². The molecule has 17 heavy (non-hydrogen) atoms. The highest BCUT2D eigenvalue weighted by Gasteiger charge is 2.11. The van der Waals surface area contributed by atoms with Crippen molar-refractivity contribution in [1.82, 2.24) is 4.90 Å². The number of ether oxygens (including phenoxy) is 1. The molecule has 2 rings (SSSR count). The van der Waals surface area contributed by atoms with Gasteiger partial charge in [-0.1, -0.05) is 23.7 Å². The van der Waals surface area contributed by atoms with E-state index < -0.39 is 0 Å². The molecule has 1 aliphatic heterocycles. The fourth-order valence-corrected chi connectivity index (χ4v) is 1.78. The minimum atomic E-state index is 0.584. The number of hydrogen-bond acceptors (Lipinski definition) is 2. The van der Waals surface area contributed by atoms with Gasteiger partial charge in [-0.05, 0) is 17.7 Å². The van der Waals surface area contributed by atoms with E-state index in [0.29, 0.717) is 12.5 Å². The van der Waals surface area contributed by atoms with Gasteiger partial charge >= 0.3 is 0 Å². The second kappa shape index (κ2) is 5.89. The quantitative estimate of drug-likeness (QED) is 0.642. The van der Waals surface area contributed by atoms with E-state index in [1.807, 2.05) is 29.2 Å². The van der Waals surface area contributed by atoms with Gasteiger partial charge in [-0.2, -0.15) is 0 Å². The summed E-state index contributed by atoms with van der Waals surface area (Å²) in [5.74, 6) is 0.586. The third-order valence-corrected chi connectivity index (χ3v) is 2.92. The molecule has 0 spiro atoms. The van der Waals surface area contributed by atoms with Gasteiger partial charge in [0.15, 0.2) is 5.96 Å². The normalized spacial score (nSPS) is 17.2. The number of halogens is 1. The highest BCUT2D eigenvalue weighted by atomic mass is 35.5. The lowest BCUT2D eigenvalue weighted by atomic mass is 10.2. The third-order valence-electron chi connectivity index (χ3n) is 2.67. The number of guanidine groups is 1. The van der Waals surface area contributed by atoms with Crippen molar-refractivity contribution in [3.63, 3.8) is 0 Å². The summed E-state index contributed by atoms with van der Waals surface area (Å²) < 4.78 is 5.26. The first kappa shape index (κ1) is 12.2. The molecule has 1 fully saturated rings. The van der Waals surface area contributed by atoms with Crippen molar-refractivity contribution in [2.75, 3.05) is 26.3 Å². The highest BCUT2D eigenvalue weighted by Crippen LogP contribution is 2.10. The fraction of sp³-hybridized carbons (Fsp3) is 0.417. The summed E-state index contributed by atoms with van der Waals surface area (Å²) in [7, 11) is 0. The minimum Gasteiger partial charge on any atom is -0.378 e.